The number of nitrogens with zero attached hydrogens (tertiary/aromatic N) is 3. The van der Waals surface area contributed by atoms with Gasteiger partial charge in [0.15, 0.2) is 0 Å². The number of carbonyl (C=O) groups excluding carboxylic acids is 1. The van der Waals surface area contributed by atoms with E-state index in [-0.39, 0.29) is 11.4 Å². The van der Waals surface area contributed by atoms with Crippen molar-refractivity contribution in [1.82, 2.24) is 8.87 Å². The third-order valence-corrected chi connectivity index (χ3v) is 7.06. The van der Waals surface area contributed by atoms with E-state index in [1.54, 1.807) is 12.1 Å². The molecule has 30 heavy (non-hydrogen) atoms. The van der Waals surface area contributed by atoms with Gasteiger partial charge in [-0.25, -0.2) is 8.42 Å². The Morgan fingerprint density at radius 3 is 2.27 bits per heavy atom. The maximum Gasteiger partial charge on any atom is 0.271 e. The van der Waals surface area contributed by atoms with Crippen LogP contribution in [0.25, 0.3) is 0 Å². The molecule has 0 bridgehead atoms. The summed E-state index contributed by atoms with van der Waals surface area (Å²) in [6.45, 7) is 0.567. The lowest BCUT2D eigenvalue weighted by Crippen LogP contribution is -2.37. The fourth-order valence-corrected chi connectivity index (χ4v) is 5.06. The largest absolute Gasteiger partial charge is 0.378 e. The molecule has 2 aromatic rings. The van der Waals surface area contributed by atoms with E-state index in [1.807, 2.05) is 31.1 Å². The number of rotatable bonds is 6. The number of benzene rings is 1. The minimum Gasteiger partial charge on any atom is -0.378 e. The van der Waals surface area contributed by atoms with Crippen LogP contribution in [0.5, 0.6) is 0 Å². The number of sulfonamides is 1. The fraction of sp³-hybridized carbons (Fsp3) is 0.429. The van der Waals surface area contributed by atoms with Gasteiger partial charge >= 0.3 is 0 Å². The second kappa shape index (κ2) is 9.44. The first-order valence-corrected chi connectivity index (χ1v) is 11.5. The van der Waals surface area contributed by atoms with E-state index in [0.717, 1.165) is 35.9 Å². The van der Waals surface area contributed by atoms with E-state index < -0.39 is 21.5 Å². The summed E-state index contributed by atoms with van der Waals surface area (Å²) in [5, 5.41) is 2.74. The summed E-state index contributed by atoms with van der Waals surface area (Å²) in [5.74, 6) is -0.404. The number of nitrogens with one attached hydrogen (secondary N) is 1. The zero-order valence-electron chi connectivity index (χ0n) is 17.4. The van der Waals surface area contributed by atoms with Crippen molar-refractivity contribution in [2.75, 3.05) is 37.4 Å². The van der Waals surface area contributed by atoms with Crippen molar-refractivity contribution in [3.8, 4) is 0 Å². The summed E-state index contributed by atoms with van der Waals surface area (Å²) in [6, 6.07) is 10.1. The van der Waals surface area contributed by atoms with Crippen LogP contribution >= 0.6 is 0 Å². The summed E-state index contributed by atoms with van der Waals surface area (Å²) in [7, 11) is -0.0359. The maximum atomic E-state index is 13.0. The quantitative estimate of drug-likeness (QED) is 0.755. The minimum absolute atomic E-state index is 0.266. The standard InChI is InChI=1S/C21H28N4O4S/c1-23(2)18-11-9-17(10-12-18)22-20(26)16-24-13-7-8-19(21(24)27)30(28,29)25-14-5-3-4-6-15-25/h7-13H,3-6,14-16H2,1-2H3,(H,22,26). The number of amides is 1. The van der Waals surface area contributed by atoms with Crippen LogP contribution in [0.2, 0.25) is 0 Å². The molecule has 3 rings (SSSR count). The monoisotopic (exact) mass is 432 g/mol. The third-order valence-electron chi connectivity index (χ3n) is 5.15. The second-order valence-corrected chi connectivity index (χ2v) is 9.52. The van der Waals surface area contributed by atoms with E-state index in [9.17, 15) is 18.0 Å². The van der Waals surface area contributed by atoms with Crippen LogP contribution in [-0.4, -0.2) is 50.4 Å². The molecule has 9 heteroatoms. The molecule has 1 aliphatic rings. The van der Waals surface area contributed by atoms with E-state index in [0.29, 0.717) is 18.8 Å². The van der Waals surface area contributed by atoms with E-state index in [1.165, 1.54) is 22.6 Å². The summed E-state index contributed by atoms with van der Waals surface area (Å²) < 4.78 is 28.5. The van der Waals surface area contributed by atoms with E-state index >= 15 is 0 Å². The van der Waals surface area contributed by atoms with Gasteiger partial charge in [0, 0.05) is 44.8 Å². The molecule has 0 spiro atoms. The fourth-order valence-electron chi connectivity index (χ4n) is 3.45. The number of carbonyl (C=O) groups is 1. The predicted octanol–water partition coefficient (Wildman–Crippen LogP) is 2.12. The highest BCUT2D eigenvalue weighted by Gasteiger charge is 2.28. The molecule has 0 saturated carbocycles. The highest BCUT2D eigenvalue weighted by Crippen LogP contribution is 2.18. The smallest absolute Gasteiger partial charge is 0.271 e. The predicted molar refractivity (Wildman–Crippen MR) is 117 cm³/mol. The Labute approximate surface area is 177 Å². The van der Waals surface area contributed by atoms with Gasteiger partial charge in [0.25, 0.3) is 5.56 Å². The lowest BCUT2D eigenvalue weighted by molar-refractivity contribution is -0.116. The summed E-state index contributed by atoms with van der Waals surface area (Å²) >= 11 is 0. The molecule has 1 N–H and O–H groups in total. The van der Waals surface area contributed by atoms with Crippen molar-refractivity contribution in [2.24, 2.45) is 0 Å². The first-order chi connectivity index (χ1) is 14.3. The van der Waals surface area contributed by atoms with Gasteiger partial charge in [-0.15, -0.1) is 0 Å². The Kier molecular flexibility index (Phi) is 6.94. The van der Waals surface area contributed by atoms with Crippen molar-refractivity contribution in [2.45, 2.75) is 37.1 Å². The summed E-state index contributed by atoms with van der Waals surface area (Å²) in [5.41, 5.74) is 0.919. The molecule has 1 aromatic heterocycles. The van der Waals surface area contributed by atoms with Crippen LogP contribution < -0.4 is 15.8 Å². The van der Waals surface area contributed by atoms with Crippen LogP contribution in [-0.2, 0) is 21.4 Å². The molecule has 1 fully saturated rings. The highest BCUT2D eigenvalue weighted by atomic mass is 32.2. The van der Waals surface area contributed by atoms with Gasteiger partial charge in [-0.2, -0.15) is 4.31 Å². The van der Waals surface area contributed by atoms with Crippen LogP contribution in [0, 0.1) is 0 Å². The number of hydrogen-bond donors (Lipinski definition) is 1. The molecule has 162 valence electrons. The molecule has 1 aliphatic heterocycles. The highest BCUT2D eigenvalue weighted by molar-refractivity contribution is 7.89. The molecular weight excluding hydrogens is 404 g/mol. The minimum atomic E-state index is -3.88. The molecule has 1 aromatic carbocycles. The van der Waals surface area contributed by atoms with Gasteiger partial charge < -0.3 is 14.8 Å². The van der Waals surface area contributed by atoms with Gasteiger partial charge in [0.05, 0.1) is 0 Å². The first kappa shape index (κ1) is 22.0. The molecule has 0 radical (unpaired) electrons. The zero-order chi connectivity index (χ0) is 21.7. The Balaban J connectivity index is 1.76. The molecule has 0 atom stereocenters. The van der Waals surface area contributed by atoms with Gasteiger partial charge in [-0.05, 0) is 49.2 Å². The molecule has 0 unspecified atom stereocenters. The number of hydrogen-bond acceptors (Lipinski definition) is 5. The summed E-state index contributed by atoms with van der Waals surface area (Å²) in [6.07, 6.45) is 4.98. The number of anilines is 2. The van der Waals surface area contributed by atoms with Gasteiger partial charge in [-0.3, -0.25) is 9.59 Å². The SMILES string of the molecule is CN(C)c1ccc(NC(=O)Cn2cccc(S(=O)(=O)N3CCCCCC3)c2=O)cc1. The Morgan fingerprint density at radius 2 is 1.67 bits per heavy atom. The molecule has 1 saturated heterocycles. The van der Waals surface area contributed by atoms with E-state index in [2.05, 4.69) is 5.32 Å². The third kappa shape index (κ3) is 5.09. The van der Waals surface area contributed by atoms with Crippen molar-refractivity contribution < 1.29 is 13.2 Å². The van der Waals surface area contributed by atoms with E-state index in [4.69, 9.17) is 0 Å². The lowest BCUT2D eigenvalue weighted by atomic mass is 10.2. The molecule has 1 amide bonds. The molecule has 0 aliphatic carbocycles. The van der Waals surface area contributed by atoms with Gasteiger partial charge in [0.1, 0.15) is 11.4 Å². The second-order valence-electron chi connectivity index (χ2n) is 7.61. The maximum absolute atomic E-state index is 13.0. The Morgan fingerprint density at radius 1 is 1.03 bits per heavy atom. The van der Waals surface area contributed by atoms with Crippen LogP contribution in [0.15, 0.2) is 52.3 Å². The van der Waals surface area contributed by atoms with Crippen LogP contribution in [0.4, 0.5) is 11.4 Å². The normalized spacial score (nSPS) is 15.4. The Hall–Kier alpha value is -2.65. The van der Waals surface area contributed by atoms with Gasteiger partial charge in [0.2, 0.25) is 15.9 Å². The number of pyridine rings is 1. The molecular formula is C21H28N4O4S. The lowest BCUT2D eigenvalue weighted by Gasteiger charge is -2.20. The first-order valence-electron chi connectivity index (χ1n) is 10.1. The molecule has 8 nitrogen and oxygen atoms in total. The van der Waals surface area contributed by atoms with Crippen molar-refractivity contribution in [3.05, 3.63) is 52.9 Å². The van der Waals surface area contributed by atoms with Gasteiger partial charge in [-0.1, -0.05) is 12.8 Å². The van der Waals surface area contributed by atoms with Crippen molar-refractivity contribution >= 4 is 27.3 Å². The average Bonchev–Trinajstić information content (AvgIpc) is 3.00. The average molecular weight is 433 g/mol. The molecule has 2 heterocycles. The zero-order valence-corrected chi connectivity index (χ0v) is 18.2. The van der Waals surface area contributed by atoms with Crippen molar-refractivity contribution in [1.29, 1.82) is 0 Å². The Bertz CT molecular complexity index is 1040. The topological polar surface area (TPSA) is 91.7 Å². The van der Waals surface area contributed by atoms with Crippen LogP contribution in [0.3, 0.4) is 0 Å². The van der Waals surface area contributed by atoms with Crippen LogP contribution in [0.1, 0.15) is 25.7 Å². The number of aromatic nitrogens is 1. The summed E-state index contributed by atoms with van der Waals surface area (Å²) in [4.78, 5) is 26.9. The van der Waals surface area contributed by atoms with Crippen molar-refractivity contribution in [3.63, 3.8) is 0 Å².